The van der Waals surface area contributed by atoms with Gasteiger partial charge in [0.25, 0.3) is 0 Å². The van der Waals surface area contributed by atoms with E-state index in [1.807, 2.05) is 6.08 Å². The Morgan fingerprint density at radius 3 is 1.17 bits per heavy atom. The number of hydrogen-bond acceptors (Lipinski definition) is 6. The summed E-state index contributed by atoms with van der Waals surface area (Å²) in [5.41, 5.74) is 0. The number of ether oxygens (including phenoxy) is 3. The smallest absolute Gasteiger partial charge is 0.306 e. The van der Waals surface area contributed by atoms with Crippen molar-refractivity contribution in [3.63, 3.8) is 0 Å². The van der Waals surface area contributed by atoms with Crippen LogP contribution in [-0.2, 0) is 28.6 Å². The molecule has 0 aliphatic rings. The van der Waals surface area contributed by atoms with Crippen LogP contribution >= 0.6 is 0 Å². The van der Waals surface area contributed by atoms with Crippen LogP contribution in [0.1, 0.15) is 233 Å². The van der Waals surface area contributed by atoms with E-state index in [1.54, 1.807) is 0 Å². The van der Waals surface area contributed by atoms with Crippen molar-refractivity contribution in [2.45, 2.75) is 239 Å². The quantitative estimate of drug-likeness (QED) is 0.0201. The molecule has 0 amide bonds. The number of carbonyl (C=O) groups excluding carboxylic acids is 3. The van der Waals surface area contributed by atoms with E-state index in [0.717, 1.165) is 70.6 Å². The van der Waals surface area contributed by atoms with Crippen LogP contribution in [0.5, 0.6) is 0 Å². The molecule has 0 heterocycles. The summed E-state index contributed by atoms with van der Waals surface area (Å²) >= 11 is 0. The molecule has 0 saturated carbocycles. The summed E-state index contributed by atoms with van der Waals surface area (Å²) in [6, 6.07) is 0. The second-order valence-electron chi connectivity index (χ2n) is 16.0. The van der Waals surface area contributed by atoms with Crippen LogP contribution in [-0.4, -0.2) is 37.2 Å². The molecule has 0 bridgehead atoms. The first-order chi connectivity index (χ1) is 28.5. The van der Waals surface area contributed by atoms with Gasteiger partial charge in [-0.2, -0.15) is 0 Å². The molecule has 0 aromatic carbocycles. The Hall–Kier alpha value is -2.89. The van der Waals surface area contributed by atoms with Gasteiger partial charge in [0, 0.05) is 19.3 Å². The molecule has 0 rings (SSSR count). The summed E-state index contributed by atoms with van der Waals surface area (Å²) in [5.74, 6) is -0.995. The minimum absolute atomic E-state index is 0.105. The highest BCUT2D eigenvalue weighted by Crippen LogP contribution is 2.13. The van der Waals surface area contributed by atoms with Crippen LogP contribution in [0.3, 0.4) is 0 Å². The van der Waals surface area contributed by atoms with Crippen LogP contribution in [0.4, 0.5) is 0 Å². The van der Waals surface area contributed by atoms with Gasteiger partial charge in [-0.15, -0.1) is 0 Å². The zero-order valence-electron chi connectivity index (χ0n) is 38.0. The Kier molecular flexibility index (Phi) is 44.5. The maximum Gasteiger partial charge on any atom is 0.306 e. The van der Waals surface area contributed by atoms with Gasteiger partial charge in [-0.3, -0.25) is 14.4 Å². The second-order valence-corrected chi connectivity index (χ2v) is 16.0. The predicted molar refractivity (Wildman–Crippen MR) is 247 cm³/mol. The highest BCUT2D eigenvalue weighted by molar-refractivity contribution is 5.71. The summed E-state index contributed by atoms with van der Waals surface area (Å²) in [6.07, 6.45) is 56.4. The topological polar surface area (TPSA) is 78.9 Å². The third-order valence-corrected chi connectivity index (χ3v) is 10.3. The Morgan fingerprint density at radius 1 is 0.362 bits per heavy atom. The van der Waals surface area contributed by atoms with Gasteiger partial charge >= 0.3 is 17.9 Å². The van der Waals surface area contributed by atoms with Gasteiger partial charge in [0.05, 0.1) is 0 Å². The molecule has 0 aliphatic heterocycles. The third-order valence-electron chi connectivity index (χ3n) is 10.3. The molecule has 0 aromatic heterocycles. The molecule has 58 heavy (non-hydrogen) atoms. The standard InChI is InChI=1S/C52H90O6/c1-4-7-10-13-16-19-22-25-26-28-30-33-36-39-42-45-51(54)57-48-49(47-56-50(53)44-41-38-35-32-29-24-21-18-15-12-9-6-3)58-52(55)46-43-40-37-34-31-27-23-20-17-14-11-8-5-2/h16,18-19,21-22,25,27,31,37,40,49H,4-15,17,20,23-24,26,28-30,32-36,38-39,41-48H2,1-3H3/b19-16-,21-18-,25-22-,31-27-,40-37-. The van der Waals surface area contributed by atoms with Crippen molar-refractivity contribution in [2.24, 2.45) is 0 Å². The van der Waals surface area contributed by atoms with Crippen LogP contribution in [0, 0.1) is 0 Å². The molecule has 0 saturated heterocycles. The lowest BCUT2D eigenvalue weighted by atomic mass is 10.1. The largest absolute Gasteiger partial charge is 0.462 e. The molecule has 6 heteroatoms. The Morgan fingerprint density at radius 2 is 0.707 bits per heavy atom. The van der Waals surface area contributed by atoms with E-state index in [0.29, 0.717) is 19.3 Å². The van der Waals surface area contributed by atoms with Gasteiger partial charge in [-0.05, 0) is 89.9 Å². The van der Waals surface area contributed by atoms with E-state index in [1.165, 1.54) is 116 Å². The van der Waals surface area contributed by atoms with E-state index < -0.39 is 6.10 Å². The fourth-order valence-corrected chi connectivity index (χ4v) is 6.54. The third kappa shape index (κ3) is 44.2. The molecule has 1 atom stereocenters. The molecular formula is C52H90O6. The van der Waals surface area contributed by atoms with E-state index in [-0.39, 0.29) is 37.5 Å². The van der Waals surface area contributed by atoms with Crippen LogP contribution in [0.2, 0.25) is 0 Å². The first kappa shape index (κ1) is 55.1. The zero-order valence-corrected chi connectivity index (χ0v) is 38.0. The fraction of sp³-hybridized carbons (Fsp3) is 0.750. The summed E-state index contributed by atoms with van der Waals surface area (Å²) in [6.45, 7) is 6.50. The van der Waals surface area contributed by atoms with Gasteiger partial charge in [0.1, 0.15) is 13.2 Å². The average molecular weight is 811 g/mol. The van der Waals surface area contributed by atoms with E-state index in [2.05, 4.69) is 75.5 Å². The molecule has 0 aliphatic carbocycles. The first-order valence-corrected chi connectivity index (χ1v) is 24.3. The molecule has 0 fully saturated rings. The number of esters is 3. The fourth-order valence-electron chi connectivity index (χ4n) is 6.54. The summed E-state index contributed by atoms with van der Waals surface area (Å²) in [4.78, 5) is 37.8. The molecule has 0 aromatic rings. The maximum atomic E-state index is 12.7. The van der Waals surface area contributed by atoms with Crippen molar-refractivity contribution in [1.82, 2.24) is 0 Å². The minimum atomic E-state index is -0.810. The van der Waals surface area contributed by atoms with Gasteiger partial charge in [-0.25, -0.2) is 0 Å². The van der Waals surface area contributed by atoms with Crippen molar-refractivity contribution in [2.75, 3.05) is 13.2 Å². The average Bonchev–Trinajstić information content (AvgIpc) is 3.22. The second kappa shape index (κ2) is 46.8. The molecule has 1 unspecified atom stereocenters. The van der Waals surface area contributed by atoms with Crippen LogP contribution < -0.4 is 0 Å². The molecule has 0 N–H and O–H groups in total. The highest BCUT2D eigenvalue weighted by atomic mass is 16.6. The predicted octanol–water partition coefficient (Wildman–Crippen LogP) is 15.7. The van der Waals surface area contributed by atoms with Crippen molar-refractivity contribution in [3.8, 4) is 0 Å². The van der Waals surface area contributed by atoms with E-state index in [4.69, 9.17) is 14.2 Å². The number of allylic oxidation sites excluding steroid dienone is 10. The van der Waals surface area contributed by atoms with Crippen LogP contribution in [0.15, 0.2) is 60.8 Å². The lowest BCUT2D eigenvalue weighted by Crippen LogP contribution is -2.30. The molecule has 6 nitrogen and oxygen atoms in total. The van der Waals surface area contributed by atoms with Gasteiger partial charge in [-0.1, -0.05) is 184 Å². The normalized spacial score (nSPS) is 12.5. The molecular weight excluding hydrogens is 721 g/mol. The Balaban J connectivity index is 4.47. The summed E-state index contributed by atoms with van der Waals surface area (Å²) < 4.78 is 16.7. The van der Waals surface area contributed by atoms with Gasteiger partial charge < -0.3 is 14.2 Å². The number of hydrogen-bond donors (Lipinski definition) is 0. The van der Waals surface area contributed by atoms with Crippen molar-refractivity contribution >= 4 is 17.9 Å². The van der Waals surface area contributed by atoms with Gasteiger partial charge in [0.15, 0.2) is 6.10 Å². The van der Waals surface area contributed by atoms with E-state index >= 15 is 0 Å². The zero-order chi connectivity index (χ0) is 42.3. The van der Waals surface area contributed by atoms with E-state index in [9.17, 15) is 14.4 Å². The Bertz CT molecular complexity index is 1070. The summed E-state index contributed by atoms with van der Waals surface area (Å²) in [7, 11) is 0. The SMILES string of the molecule is CCCCC/C=C\C=C/CCCCCCCCC(=O)OCC(COC(=O)CCCCCCC/C=C\CCCCC)OC(=O)CC/C=C\C/C=C\CCCCCCCC. The van der Waals surface area contributed by atoms with Crippen molar-refractivity contribution in [1.29, 1.82) is 0 Å². The van der Waals surface area contributed by atoms with Crippen LogP contribution in [0.25, 0.3) is 0 Å². The minimum Gasteiger partial charge on any atom is -0.462 e. The van der Waals surface area contributed by atoms with Crippen molar-refractivity contribution in [3.05, 3.63) is 60.8 Å². The lowest BCUT2D eigenvalue weighted by Gasteiger charge is -2.18. The number of unbranched alkanes of at least 4 members (excludes halogenated alkanes) is 23. The molecule has 0 radical (unpaired) electrons. The molecule has 334 valence electrons. The van der Waals surface area contributed by atoms with Crippen molar-refractivity contribution < 1.29 is 28.6 Å². The monoisotopic (exact) mass is 811 g/mol. The van der Waals surface area contributed by atoms with Gasteiger partial charge in [0.2, 0.25) is 0 Å². The lowest BCUT2D eigenvalue weighted by molar-refractivity contribution is -0.166. The highest BCUT2D eigenvalue weighted by Gasteiger charge is 2.19. The maximum absolute atomic E-state index is 12.7. The molecule has 0 spiro atoms. The number of rotatable bonds is 43. The number of carbonyl (C=O) groups is 3. The summed E-state index contributed by atoms with van der Waals surface area (Å²) in [5, 5.41) is 0. The Labute approximate surface area is 358 Å². The first-order valence-electron chi connectivity index (χ1n) is 24.3.